The first-order chi connectivity index (χ1) is 24.1. The summed E-state index contributed by atoms with van der Waals surface area (Å²) in [6.45, 7) is 24.7. The largest absolute Gasteiger partial charge is 0.444 e. The molecule has 288 valence electrons. The van der Waals surface area contributed by atoms with Crippen molar-refractivity contribution in [2.24, 2.45) is 0 Å². The van der Waals surface area contributed by atoms with Gasteiger partial charge in [0.25, 0.3) is 0 Å². The molecule has 0 spiro atoms. The zero-order chi connectivity index (χ0) is 38.2. The first-order valence-electron chi connectivity index (χ1n) is 18.8. The molecule has 3 aromatic heterocycles. The maximum atomic E-state index is 15.4. The van der Waals surface area contributed by atoms with Gasteiger partial charge in [-0.05, 0) is 78.5 Å². The number of anilines is 1. The minimum absolute atomic E-state index is 0.0219. The van der Waals surface area contributed by atoms with E-state index in [1.54, 1.807) is 16.9 Å². The Morgan fingerprint density at radius 3 is 2.02 bits per heavy atom. The maximum Gasteiger partial charge on any atom is 0.410 e. The Morgan fingerprint density at radius 1 is 0.942 bits per heavy atom. The van der Waals surface area contributed by atoms with Gasteiger partial charge in [0.1, 0.15) is 42.0 Å². The Morgan fingerprint density at radius 2 is 1.52 bits per heavy atom. The third-order valence-corrected chi connectivity index (χ3v) is 13.2. The van der Waals surface area contributed by atoms with Crippen LogP contribution < -0.4 is 4.90 Å². The molecule has 0 unspecified atom stereocenters. The van der Waals surface area contributed by atoms with Crippen LogP contribution in [0.4, 0.5) is 15.0 Å². The standard InChI is InChI=1S/C38H61FN6O5Si2/c1-37(2,3)50-36(46)44-28-12-13-29(44)19-26(18-28)32-21-33(43(24-48-14-16-51(6,7)8)25-49-15-17-52(9,10)11)45-35(42-32)30(23-41-45)27-20-31(39)34(40-22-27)38(4,5)47/h20-23,26,28-29,47H,12-19,24-25H2,1-11H3/t26-,28+,29-. The summed E-state index contributed by atoms with van der Waals surface area (Å²) in [7, 11) is -2.62. The van der Waals surface area contributed by atoms with Crippen LogP contribution in [0.3, 0.4) is 0 Å². The molecule has 14 heteroatoms. The van der Waals surface area contributed by atoms with Crippen molar-refractivity contribution >= 4 is 33.7 Å². The van der Waals surface area contributed by atoms with Gasteiger partial charge in [0, 0.05) is 76.4 Å². The van der Waals surface area contributed by atoms with Gasteiger partial charge in [-0.25, -0.2) is 14.2 Å². The number of carbonyl (C=O) groups excluding carboxylic acids is 1. The first kappa shape index (κ1) is 40.3. The van der Waals surface area contributed by atoms with Gasteiger partial charge in [-0.15, -0.1) is 0 Å². The number of aliphatic hydroxyl groups is 1. The highest BCUT2D eigenvalue weighted by atomic mass is 28.3. The van der Waals surface area contributed by atoms with Gasteiger partial charge in [0.2, 0.25) is 0 Å². The Kier molecular flexibility index (Phi) is 12.0. The van der Waals surface area contributed by atoms with E-state index in [4.69, 9.17) is 24.3 Å². The minimum atomic E-state index is -1.43. The number of piperidine rings is 1. The monoisotopic (exact) mass is 756 g/mol. The number of pyridine rings is 1. The molecule has 2 aliphatic heterocycles. The number of halogens is 1. The van der Waals surface area contributed by atoms with Crippen molar-refractivity contribution in [3.05, 3.63) is 41.7 Å². The summed E-state index contributed by atoms with van der Waals surface area (Å²) >= 11 is 0. The quantitative estimate of drug-likeness (QED) is 0.0987. The van der Waals surface area contributed by atoms with Crippen molar-refractivity contribution in [1.29, 1.82) is 0 Å². The fraction of sp³-hybridized carbons (Fsp3) is 0.684. The van der Waals surface area contributed by atoms with E-state index in [9.17, 15) is 9.90 Å². The molecule has 5 rings (SSSR count). The lowest BCUT2D eigenvalue weighted by atomic mass is 9.88. The Balaban J connectivity index is 1.55. The molecule has 0 aromatic carbocycles. The zero-order valence-electron chi connectivity index (χ0n) is 33.3. The van der Waals surface area contributed by atoms with Crippen molar-refractivity contribution in [2.75, 3.05) is 31.6 Å². The topological polar surface area (TPSA) is 115 Å². The van der Waals surface area contributed by atoms with Crippen molar-refractivity contribution in [1.82, 2.24) is 24.5 Å². The molecule has 0 aliphatic carbocycles. The third-order valence-electron chi connectivity index (χ3n) is 9.77. The molecule has 0 radical (unpaired) electrons. The van der Waals surface area contributed by atoms with E-state index in [2.05, 4.69) is 55.2 Å². The van der Waals surface area contributed by atoms with E-state index in [1.807, 2.05) is 25.7 Å². The van der Waals surface area contributed by atoms with Crippen LogP contribution in [0.2, 0.25) is 51.4 Å². The number of ether oxygens (including phenoxy) is 3. The van der Waals surface area contributed by atoms with Crippen LogP contribution in [0, 0.1) is 5.82 Å². The minimum Gasteiger partial charge on any atom is -0.444 e. The summed E-state index contributed by atoms with van der Waals surface area (Å²) in [5, 5.41) is 15.3. The number of aromatic nitrogens is 4. The Bertz CT molecular complexity index is 1680. The average Bonchev–Trinajstić information content (AvgIpc) is 3.55. The number of rotatable bonds is 14. The molecule has 0 saturated carbocycles. The number of fused-ring (bicyclic) bond motifs is 3. The van der Waals surface area contributed by atoms with Gasteiger partial charge in [-0.3, -0.25) is 4.98 Å². The zero-order valence-corrected chi connectivity index (χ0v) is 35.3. The van der Waals surface area contributed by atoms with Crippen LogP contribution in [0.5, 0.6) is 0 Å². The highest BCUT2D eigenvalue weighted by molar-refractivity contribution is 6.76. The Labute approximate surface area is 311 Å². The summed E-state index contributed by atoms with van der Waals surface area (Å²) in [6.07, 6.45) is 6.39. The van der Waals surface area contributed by atoms with Crippen LogP contribution in [0.15, 0.2) is 24.5 Å². The van der Waals surface area contributed by atoms with E-state index in [0.29, 0.717) is 43.4 Å². The molecule has 11 nitrogen and oxygen atoms in total. The molecule has 2 fully saturated rings. The normalized spacial score (nSPS) is 19.8. The van der Waals surface area contributed by atoms with E-state index < -0.39 is 33.2 Å². The van der Waals surface area contributed by atoms with Crippen LogP contribution in [-0.4, -0.2) is 96.2 Å². The molecule has 5 heterocycles. The first-order valence-corrected chi connectivity index (χ1v) is 26.2. The van der Waals surface area contributed by atoms with Crippen molar-refractivity contribution < 1.29 is 28.5 Å². The molecule has 1 N–H and O–H groups in total. The number of amides is 1. The van der Waals surface area contributed by atoms with Gasteiger partial charge in [-0.1, -0.05) is 39.3 Å². The fourth-order valence-corrected chi connectivity index (χ4v) is 8.46. The van der Waals surface area contributed by atoms with E-state index >= 15 is 4.39 Å². The van der Waals surface area contributed by atoms with Crippen LogP contribution in [0.1, 0.15) is 77.6 Å². The van der Waals surface area contributed by atoms with E-state index in [-0.39, 0.29) is 29.8 Å². The number of hydrogen-bond donors (Lipinski definition) is 1. The van der Waals surface area contributed by atoms with Gasteiger partial charge in [0.05, 0.1) is 6.20 Å². The lowest BCUT2D eigenvalue weighted by Gasteiger charge is -2.39. The lowest BCUT2D eigenvalue weighted by molar-refractivity contribution is 0.00567. The highest BCUT2D eigenvalue weighted by Gasteiger charge is 2.45. The second-order valence-corrected chi connectivity index (χ2v) is 29.9. The third kappa shape index (κ3) is 10.2. The molecule has 52 heavy (non-hydrogen) atoms. The van der Waals surface area contributed by atoms with Crippen molar-refractivity contribution in [2.45, 2.75) is 141 Å². The maximum absolute atomic E-state index is 15.4. The second-order valence-electron chi connectivity index (χ2n) is 18.6. The predicted octanol–water partition coefficient (Wildman–Crippen LogP) is 8.23. The summed E-state index contributed by atoms with van der Waals surface area (Å²) in [5.74, 6) is 0.258. The molecular formula is C38H61FN6O5Si2. The molecular weight excluding hydrogens is 696 g/mol. The van der Waals surface area contributed by atoms with Crippen LogP contribution in [0.25, 0.3) is 16.8 Å². The number of hydrogen-bond acceptors (Lipinski definition) is 9. The second kappa shape index (κ2) is 15.4. The fourth-order valence-electron chi connectivity index (χ4n) is 6.95. The lowest BCUT2D eigenvalue weighted by Crippen LogP contribution is -2.48. The predicted molar refractivity (Wildman–Crippen MR) is 209 cm³/mol. The molecule has 2 aliphatic rings. The summed E-state index contributed by atoms with van der Waals surface area (Å²) in [6, 6.07) is 5.68. The highest BCUT2D eigenvalue weighted by Crippen LogP contribution is 2.44. The van der Waals surface area contributed by atoms with E-state index in [1.165, 1.54) is 19.9 Å². The molecule has 2 saturated heterocycles. The summed E-state index contributed by atoms with van der Waals surface area (Å²) < 4.78 is 35.6. The number of carbonyl (C=O) groups is 1. The van der Waals surface area contributed by atoms with Gasteiger partial charge >= 0.3 is 6.09 Å². The van der Waals surface area contributed by atoms with Crippen LogP contribution >= 0.6 is 0 Å². The number of nitrogens with zero attached hydrogens (tertiary/aromatic N) is 6. The van der Waals surface area contributed by atoms with Crippen molar-refractivity contribution in [3.63, 3.8) is 0 Å². The smallest absolute Gasteiger partial charge is 0.410 e. The SMILES string of the molecule is CC(C)(C)OC(=O)N1[C@@H]2CC[C@H]1C[C@@H](c1cc(N(COCC[Si](C)(C)C)COCC[Si](C)(C)C)n3ncc(-c4cnc(C(C)(C)O)c(F)c4)c3n1)C2. The molecule has 1 amide bonds. The van der Waals surface area contributed by atoms with Gasteiger partial charge in [-0.2, -0.15) is 9.61 Å². The van der Waals surface area contributed by atoms with Gasteiger partial charge < -0.3 is 29.1 Å². The summed E-state index contributed by atoms with van der Waals surface area (Å²) in [5.41, 5.74) is 0.588. The van der Waals surface area contributed by atoms with Crippen LogP contribution in [-0.2, 0) is 19.8 Å². The van der Waals surface area contributed by atoms with Crippen molar-refractivity contribution in [3.8, 4) is 11.1 Å². The molecule has 3 aromatic rings. The average molecular weight is 757 g/mol. The van der Waals surface area contributed by atoms with Gasteiger partial charge in [0.15, 0.2) is 5.65 Å². The van der Waals surface area contributed by atoms with E-state index in [0.717, 1.165) is 49.3 Å². The summed E-state index contributed by atoms with van der Waals surface area (Å²) in [4.78, 5) is 26.9. The Hall–Kier alpha value is -2.92. The molecule has 2 bridgehead atoms. The molecule has 3 atom stereocenters.